The molecule has 0 aromatic heterocycles. The van der Waals surface area contributed by atoms with Crippen LogP contribution in [0, 0.1) is 11.3 Å². The molecular weight excluding hydrogens is 467 g/mol. The second-order valence-corrected chi connectivity index (χ2v) is 9.66. The highest BCUT2D eigenvalue weighted by Gasteiger charge is 2.26. The van der Waals surface area contributed by atoms with Crippen molar-refractivity contribution in [3.05, 3.63) is 24.4 Å². The van der Waals surface area contributed by atoms with Crippen molar-refractivity contribution in [3.8, 4) is 6.07 Å². The van der Waals surface area contributed by atoms with Crippen molar-refractivity contribution in [1.29, 1.82) is 5.26 Å². The largest absolute Gasteiger partial charge is 0.383 e. The molecule has 1 unspecified atom stereocenters. The number of ether oxygens (including phenoxy) is 2. The zero-order valence-corrected chi connectivity index (χ0v) is 23.7. The first-order chi connectivity index (χ1) is 16.7. The van der Waals surface area contributed by atoms with Gasteiger partial charge in [-0.2, -0.15) is 5.26 Å². The Morgan fingerprint density at radius 3 is 2.06 bits per heavy atom. The lowest BCUT2D eigenvalue weighted by molar-refractivity contribution is -0.108. The second kappa shape index (κ2) is 25.7. The van der Waals surface area contributed by atoms with Crippen LogP contribution in [0.3, 0.4) is 0 Å². The van der Waals surface area contributed by atoms with Gasteiger partial charge in [-0.3, -0.25) is 0 Å². The number of unbranched alkanes of at least 4 members (excludes halogenated alkanes) is 1. The highest BCUT2D eigenvalue weighted by atomic mass is 31.2. The third-order valence-electron chi connectivity index (χ3n) is 4.30. The number of hydrogen-bond acceptors (Lipinski definition) is 9. The molecule has 35 heavy (non-hydrogen) atoms. The van der Waals surface area contributed by atoms with Gasteiger partial charge in [0.15, 0.2) is 0 Å². The molecule has 0 aliphatic carbocycles. The summed E-state index contributed by atoms with van der Waals surface area (Å²) >= 11 is 0. The van der Waals surface area contributed by atoms with E-state index in [1.165, 1.54) is 0 Å². The fourth-order valence-electron chi connectivity index (χ4n) is 2.54. The number of nitrogens with zero attached hydrogens (tertiary/aromatic N) is 2. The summed E-state index contributed by atoms with van der Waals surface area (Å²) in [6.07, 6.45) is 2.46. The Bertz CT molecular complexity index is 577. The molecule has 10 heteroatoms. The van der Waals surface area contributed by atoms with Crippen LogP contribution in [0.2, 0.25) is 0 Å². The van der Waals surface area contributed by atoms with Crippen LogP contribution in [-0.4, -0.2) is 82.8 Å². The summed E-state index contributed by atoms with van der Waals surface area (Å²) in [6, 6.07) is 2.67. The van der Waals surface area contributed by atoms with Crippen molar-refractivity contribution in [2.75, 3.05) is 59.8 Å². The van der Waals surface area contributed by atoms with Crippen LogP contribution in [-0.2, 0) is 23.3 Å². The minimum Gasteiger partial charge on any atom is -0.383 e. The predicted molar refractivity (Wildman–Crippen MR) is 144 cm³/mol. The molecule has 0 amide bonds. The Morgan fingerprint density at radius 1 is 1.00 bits per heavy atom. The third-order valence-corrected chi connectivity index (χ3v) is 6.41. The smallest absolute Gasteiger partial charge is 0.259 e. The Balaban J connectivity index is 0. The molecule has 0 bridgehead atoms. The van der Waals surface area contributed by atoms with Gasteiger partial charge in [0.25, 0.3) is 8.53 Å². The molecular formula is C25H49N4O5P. The van der Waals surface area contributed by atoms with Gasteiger partial charge in [0.2, 0.25) is 0 Å². The van der Waals surface area contributed by atoms with Crippen molar-refractivity contribution in [2.45, 2.75) is 66.0 Å². The summed E-state index contributed by atoms with van der Waals surface area (Å²) in [6.45, 7) is 23.1. The van der Waals surface area contributed by atoms with Gasteiger partial charge in [-0.25, -0.2) is 4.67 Å². The molecule has 0 aliphatic heterocycles. The van der Waals surface area contributed by atoms with Gasteiger partial charge in [0.05, 0.1) is 52.1 Å². The Labute approximate surface area is 215 Å². The molecule has 2 N–H and O–H groups in total. The van der Waals surface area contributed by atoms with Gasteiger partial charge in [0, 0.05) is 37.3 Å². The minimum absolute atomic E-state index is 0.305. The molecule has 0 aliphatic rings. The Kier molecular flexibility index (Phi) is 26.3. The fourth-order valence-corrected chi connectivity index (χ4v) is 4.17. The van der Waals surface area contributed by atoms with E-state index in [9.17, 15) is 4.79 Å². The highest BCUT2D eigenvalue weighted by molar-refractivity contribution is 7.44. The van der Waals surface area contributed by atoms with Gasteiger partial charge < -0.3 is 33.9 Å². The number of aldehydes is 1. The van der Waals surface area contributed by atoms with Crippen molar-refractivity contribution >= 4 is 14.8 Å². The minimum atomic E-state index is -1.16. The van der Waals surface area contributed by atoms with Crippen molar-refractivity contribution in [2.24, 2.45) is 0 Å². The molecule has 0 fully saturated rings. The summed E-state index contributed by atoms with van der Waals surface area (Å²) in [5.74, 6) is 0. The highest BCUT2D eigenvalue weighted by Crippen LogP contribution is 2.46. The van der Waals surface area contributed by atoms with Crippen molar-refractivity contribution in [1.82, 2.24) is 15.3 Å². The maximum Gasteiger partial charge on any atom is 0.259 e. The molecule has 0 saturated heterocycles. The van der Waals surface area contributed by atoms with Gasteiger partial charge in [0.1, 0.15) is 6.29 Å². The van der Waals surface area contributed by atoms with E-state index >= 15 is 0 Å². The number of likely N-dealkylation sites (N-methyl/N-ethyl adjacent to an activating group) is 1. The van der Waals surface area contributed by atoms with E-state index in [-0.39, 0.29) is 0 Å². The van der Waals surface area contributed by atoms with Crippen LogP contribution in [0.25, 0.3) is 0 Å². The molecule has 204 valence electrons. The normalized spacial score (nSPS) is 11.7. The van der Waals surface area contributed by atoms with E-state index in [1.54, 1.807) is 0 Å². The first-order valence-corrected chi connectivity index (χ1v) is 13.4. The molecule has 0 saturated carbocycles. The quantitative estimate of drug-likeness (QED) is 0.0949. The summed E-state index contributed by atoms with van der Waals surface area (Å²) in [5, 5.41) is 14.7. The number of nitrogens with one attached hydrogen (secondary N) is 2. The van der Waals surface area contributed by atoms with Gasteiger partial charge in [-0.05, 0) is 53.7 Å². The first-order valence-electron chi connectivity index (χ1n) is 12.3. The predicted octanol–water partition coefficient (Wildman–Crippen LogP) is 4.18. The van der Waals surface area contributed by atoms with Crippen LogP contribution in [0.1, 0.15) is 53.9 Å². The molecule has 0 rings (SSSR count). The van der Waals surface area contributed by atoms with Crippen LogP contribution in [0.5, 0.6) is 0 Å². The van der Waals surface area contributed by atoms with E-state index in [0.717, 1.165) is 37.3 Å². The lowest BCUT2D eigenvalue weighted by Gasteiger charge is -2.35. The zero-order valence-electron chi connectivity index (χ0n) is 22.8. The van der Waals surface area contributed by atoms with Crippen LogP contribution < -0.4 is 10.6 Å². The SMILES string of the molecule is C=C(C)C(=C)NCCOCCOCCNC.CC(C)N(C(C)C)P(OCCC#N)OCCCC=O. The number of allylic oxidation sites excluding steroid dienone is 1. The van der Waals surface area contributed by atoms with E-state index in [2.05, 4.69) is 62.2 Å². The molecule has 0 heterocycles. The molecule has 1 atom stereocenters. The van der Waals surface area contributed by atoms with Gasteiger partial charge >= 0.3 is 0 Å². The van der Waals surface area contributed by atoms with E-state index in [1.807, 2.05) is 14.0 Å². The van der Waals surface area contributed by atoms with Crippen LogP contribution in [0.15, 0.2) is 24.4 Å². The van der Waals surface area contributed by atoms with Gasteiger partial charge in [-0.1, -0.05) is 13.2 Å². The maximum absolute atomic E-state index is 10.3. The van der Waals surface area contributed by atoms with Gasteiger partial charge in [-0.15, -0.1) is 0 Å². The Morgan fingerprint density at radius 2 is 1.57 bits per heavy atom. The fraction of sp³-hybridized carbons (Fsp3) is 0.760. The van der Waals surface area contributed by atoms with Crippen LogP contribution in [0.4, 0.5) is 0 Å². The maximum atomic E-state index is 10.3. The summed E-state index contributed by atoms with van der Waals surface area (Å²) in [7, 11) is 0.738. The van der Waals surface area contributed by atoms with Crippen molar-refractivity contribution in [3.63, 3.8) is 0 Å². The average Bonchev–Trinajstić information content (AvgIpc) is 2.80. The number of hydrogen-bond donors (Lipinski definition) is 2. The number of carbonyl (C=O) groups excluding carboxylic acids is 1. The molecule has 0 radical (unpaired) electrons. The van der Waals surface area contributed by atoms with Crippen molar-refractivity contribution < 1.29 is 23.3 Å². The topological polar surface area (TPSA) is 105 Å². The number of carbonyl (C=O) groups is 1. The first kappa shape index (κ1) is 35.8. The van der Waals surface area contributed by atoms with Crippen LogP contribution >= 0.6 is 8.53 Å². The standard InChI is InChI=1S/C13H25N2O3P.C12H24N2O2/c1-12(2)15(13(3)4)19(18-11-7-8-14)17-10-6-5-9-16;1-11(2)12(3)14-6-8-16-10-9-15-7-5-13-4/h9,12-13H,5-7,10-11H2,1-4H3;13-14H,1,3,5-10H2,2,4H3. The van der Waals surface area contributed by atoms with E-state index in [0.29, 0.717) is 64.4 Å². The number of nitriles is 1. The molecule has 0 aromatic carbocycles. The zero-order chi connectivity index (χ0) is 26.9. The van der Waals surface area contributed by atoms with E-state index in [4.69, 9.17) is 23.8 Å². The lowest BCUT2D eigenvalue weighted by Crippen LogP contribution is -2.33. The van der Waals surface area contributed by atoms with E-state index < -0.39 is 8.53 Å². The Hall–Kier alpha value is -1.37. The molecule has 9 nitrogen and oxygen atoms in total. The monoisotopic (exact) mass is 516 g/mol. The third kappa shape index (κ3) is 22.8. The number of rotatable bonds is 22. The lowest BCUT2D eigenvalue weighted by atomic mass is 10.3. The summed E-state index contributed by atoms with van der Waals surface area (Å²) in [5.41, 5.74) is 1.82. The average molecular weight is 517 g/mol. The molecule has 0 aromatic rings. The molecule has 0 spiro atoms. The second-order valence-electron chi connectivity index (χ2n) is 8.20. The summed E-state index contributed by atoms with van der Waals surface area (Å²) in [4.78, 5) is 10.3. The summed E-state index contributed by atoms with van der Waals surface area (Å²) < 4.78 is 24.3.